The number of ether oxygens (including phenoxy) is 1. The van der Waals surface area contributed by atoms with E-state index < -0.39 is 35.6 Å². The van der Waals surface area contributed by atoms with E-state index in [1.54, 1.807) is 0 Å². The van der Waals surface area contributed by atoms with Crippen LogP contribution in [0.25, 0.3) is 0 Å². The second kappa shape index (κ2) is 10.2. The number of anilines is 2. The van der Waals surface area contributed by atoms with Crippen molar-refractivity contribution in [3.63, 3.8) is 0 Å². The molecule has 2 heterocycles. The summed E-state index contributed by atoms with van der Waals surface area (Å²) in [5, 5.41) is 8.68. The van der Waals surface area contributed by atoms with Crippen LogP contribution in [0.5, 0.6) is 0 Å². The molecule has 3 rings (SSSR count). The number of alkyl halides is 3. The number of hydrogen-bond acceptors (Lipinski definition) is 6. The zero-order valence-electron chi connectivity index (χ0n) is 17.5. The van der Waals surface area contributed by atoms with Gasteiger partial charge in [0.15, 0.2) is 5.69 Å². The van der Waals surface area contributed by atoms with Gasteiger partial charge < -0.3 is 15.4 Å². The summed E-state index contributed by atoms with van der Waals surface area (Å²) in [6.45, 7) is -0.258. The first-order valence-electron chi connectivity index (χ1n) is 9.73. The number of amides is 1. The SMILES string of the molecule is COCCn1c(NC(=O)Cn2ccc(C(F)(F)F)n2)c(NCc2ccccc2)c(=O)[nH]c1=O. The van der Waals surface area contributed by atoms with E-state index in [2.05, 4.69) is 20.7 Å². The van der Waals surface area contributed by atoms with Crippen molar-refractivity contribution in [2.75, 3.05) is 24.4 Å². The molecule has 0 radical (unpaired) electrons. The van der Waals surface area contributed by atoms with Crippen molar-refractivity contribution >= 4 is 17.4 Å². The minimum absolute atomic E-state index is 0.00172. The molecule has 0 spiro atoms. The molecule has 0 saturated heterocycles. The summed E-state index contributed by atoms with van der Waals surface area (Å²) < 4.78 is 45.1. The molecule has 0 unspecified atom stereocenters. The summed E-state index contributed by atoms with van der Waals surface area (Å²) in [4.78, 5) is 39.6. The Bertz CT molecular complexity index is 1220. The number of carbonyl (C=O) groups excluding carboxylic acids is 1. The van der Waals surface area contributed by atoms with Crippen LogP contribution in [0.2, 0.25) is 0 Å². The van der Waals surface area contributed by atoms with Gasteiger partial charge in [0.2, 0.25) is 5.91 Å². The number of hydrogen-bond donors (Lipinski definition) is 3. The number of aromatic nitrogens is 4. The minimum atomic E-state index is -4.65. The Balaban J connectivity index is 1.89. The molecule has 3 N–H and O–H groups in total. The Kier molecular flexibility index (Phi) is 7.33. The summed E-state index contributed by atoms with van der Waals surface area (Å²) in [6.07, 6.45) is -3.64. The number of H-pyrrole nitrogens is 1. The molecule has 0 bridgehead atoms. The van der Waals surface area contributed by atoms with E-state index in [1.807, 2.05) is 30.3 Å². The van der Waals surface area contributed by atoms with Crippen molar-refractivity contribution < 1.29 is 22.7 Å². The summed E-state index contributed by atoms with van der Waals surface area (Å²) in [5.41, 5.74) is -1.94. The standard InChI is InChI=1S/C20H21F3N6O4/c1-33-10-9-29-17(25-15(30)12-28-8-7-14(27-28)20(21,22)23)16(18(31)26-19(29)32)24-11-13-5-3-2-4-6-13/h2-8,24H,9-12H2,1H3,(H,25,30)(H,26,31,32). The van der Waals surface area contributed by atoms with E-state index in [0.29, 0.717) is 0 Å². The van der Waals surface area contributed by atoms with Crippen molar-refractivity contribution in [3.8, 4) is 0 Å². The zero-order valence-corrected chi connectivity index (χ0v) is 17.5. The van der Waals surface area contributed by atoms with Crippen molar-refractivity contribution in [2.45, 2.75) is 25.8 Å². The van der Waals surface area contributed by atoms with Crippen molar-refractivity contribution in [1.29, 1.82) is 0 Å². The number of carbonyl (C=O) groups is 1. The van der Waals surface area contributed by atoms with E-state index in [4.69, 9.17) is 4.74 Å². The maximum Gasteiger partial charge on any atom is 0.435 e. The number of nitrogens with zero attached hydrogens (tertiary/aromatic N) is 3. The lowest BCUT2D eigenvalue weighted by Crippen LogP contribution is -2.36. The van der Waals surface area contributed by atoms with Crippen LogP contribution in [0, 0.1) is 0 Å². The van der Waals surface area contributed by atoms with Gasteiger partial charge in [0.05, 0.1) is 13.2 Å². The highest BCUT2D eigenvalue weighted by Gasteiger charge is 2.33. The van der Waals surface area contributed by atoms with E-state index in [9.17, 15) is 27.6 Å². The summed E-state index contributed by atoms with van der Waals surface area (Å²) in [7, 11) is 1.42. The summed E-state index contributed by atoms with van der Waals surface area (Å²) >= 11 is 0. The second-order valence-corrected chi connectivity index (χ2v) is 6.91. The van der Waals surface area contributed by atoms with Gasteiger partial charge in [-0.2, -0.15) is 18.3 Å². The quantitative estimate of drug-likeness (QED) is 0.441. The molecule has 0 atom stereocenters. The molecule has 0 fully saturated rings. The van der Waals surface area contributed by atoms with Crippen LogP contribution in [0.4, 0.5) is 24.7 Å². The smallest absolute Gasteiger partial charge is 0.383 e. The first-order valence-corrected chi connectivity index (χ1v) is 9.73. The van der Waals surface area contributed by atoms with Gasteiger partial charge in [-0.15, -0.1) is 0 Å². The van der Waals surface area contributed by atoms with Crippen LogP contribution >= 0.6 is 0 Å². The number of aromatic amines is 1. The fourth-order valence-corrected chi connectivity index (χ4v) is 2.97. The van der Waals surface area contributed by atoms with Gasteiger partial charge >= 0.3 is 11.9 Å². The summed E-state index contributed by atoms with van der Waals surface area (Å²) in [5.74, 6) is -0.921. The Labute approximate surface area is 185 Å². The monoisotopic (exact) mass is 466 g/mol. The third-order valence-electron chi connectivity index (χ3n) is 4.53. The Hall–Kier alpha value is -3.87. The predicted octanol–water partition coefficient (Wildman–Crippen LogP) is 1.65. The minimum Gasteiger partial charge on any atom is -0.383 e. The molecule has 1 aromatic carbocycles. The van der Waals surface area contributed by atoms with Crippen LogP contribution in [-0.4, -0.2) is 39.0 Å². The third kappa shape index (κ3) is 6.10. The molecule has 3 aromatic rings. The molecule has 0 aliphatic heterocycles. The second-order valence-electron chi connectivity index (χ2n) is 6.91. The average molecular weight is 466 g/mol. The van der Waals surface area contributed by atoms with E-state index in [-0.39, 0.29) is 31.2 Å². The first-order chi connectivity index (χ1) is 15.7. The van der Waals surface area contributed by atoms with Crippen LogP contribution in [0.15, 0.2) is 52.2 Å². The fraction of sp³-hybridized carbons (Fsp3) is 0.300. The molecule has 1 amide bonds. The zero-order chi connectivity index (χ0) is 24.0. The van der Waals surface area contributed by atoms with Crippen LogP contribution < -0.4 is 21.9 Å². The van der Waals surface area contributed by atoms with Gasteiger partial charge in [0, 0.05) is 19.9 Å². The number of halogens is 3. The molecule has 176 valence electrons. The van der Waals surface area contributed by atoms with Crippen molar-refractivity contribution in [2.24, 2.45) is 0 Å². The molecule has 0 saturated carbocycles. The normalized spacial score (nSPS) is 11.4. The Morgan fingerprint density at radius 3 is 2.55 bits per heavy atom. The fourth-order valence-electron chi connectivity index (χ4n) is 2.97. The van der Waals surface area contributed by atoms with Gasteiger partial charge in [-0.3, -0.25) is 23.8 Å². The highest BCUT2D eigenvalue weighted by atomic mass is 19.4. The largest absolute Gasteiger partial charge is 0.435 e. The predicted molar refractivity (Wildman–Crippen MR) is 113 cm³/mol. The van der Waals surface area contributed by atoms with Crippen molar-refractivity contribution in [3.05, 3.63) is 74.7 Å². The lowest BCUT2D eigenvalue weighted by atomic mass is 10.2. The van der Waals surface area contributed by atoms with E-state index in [1.165, 1.54) is 7.11 Å². The van der Waals surface area contributed by atoms with Gasteiger partial charge in [-0.1, -0.05) is 30.3 Å². The average Bonchev–Trinajstić information content (AvgIpc) is 3.23. The van der Waals surface area contributed by atoms with Crippen LogP contribution in [0.3, 0.4) is 0 Å². The number of benzene rings is 1. The molecular formula is C20H21F3N6O4. The molecule has 0 aliphatic carbocycles. The molecule has 13 heteroatoms. The maximum atomic E-state index is 12.8. The van der Waals surface area contributed by atoms with Crippen LogP contribution in [0.1, 0.15) is 11.3 Å². The highest BCUT2D eigenvalue weighted by molar-refractivity contribution is 5.92. The molecule has 10 nitrogen and oxygen atoms in total. The Morgan fingerprint density at radius 1 is 1.18 bits per heavy atom. The lowest BCUT2D eigenvalue weighted by Gasteiger charge is -2.18. The van der Waals surface area contributed by atoms with Crippen LogP contribution in [-0.2, 0) is 35.3 Å². The van der Waals surface area contributed by atoms with Gasteiger partial charge in [-0.25, -0.2) is 4.79 Å². The maximum absolute atomic E-state index is 12.8. The van der Waals surface area contributed by atoms with Gasteiger partial charge in [0.1, 0.15) is 18.1 Å². The third-order valence-corrected chi connectivity index (χ3v) is 4.53. The Morgan fingerprint density at radius 2 is 1.91 bits per heavy atom. The molecule has 0 aliphatic rings. The topological polar surface area (TPSA) is 123 Å². The lowest BCUT2D eigenvalue weighted by molar-refractivity contribution is -0.141. The van der Waals surface area contributed by atoms with E-state index in [0.717, 1.165) is 27.1 Å². The highest BCUT2D eigenvalue weighted by Crippen LogP contribution is 2.27. The summed E-state index contributed by atoms with van der Waals surface area (Å²) in [6, 6.07) is 9.81. The number of nitrogens with one attached hydrogen (secondary N) is 3. The van der Waals surface area contributed by atoms with Gasteiger partial charge in [0.25, 0.3) is 5.56 Å². The molecule has 2 aromatic heterocycles. The van der Waals surface area contributed by atoms with E-state index >= 15 is 0 Å². The number of rotatable bonds is 9. The molecule has 33 heavy (non-hydrogen) atoms. The van der Waals surface area contributed by atoms with Gasteiger partial charge in [-0.05, 0) is 11.6 Å². The first kappa shape index (κ1) is 23.8. The molecular weight excluding hydrogens is 445 g/mol. The van der Waals surface area contributed by atoms with Crippen molar-refractivity contribution in [1.82, 2.24) is 19.3 Å². The number of methoxy groups -OCH3 is 1.